The van der Waals surface area contributed by atoms with E-state index in [1.165, 1.54) is 19.3 Å². The average Bonchev–Trinajstić information content (AvgIpc) is 2.60. The summed E-state index contributed by atoms with van der Waals surface area (Å²) in [5, 5.41) is 7.00. The van der Waals surface area contributed by atoms with Gasteiger partial charge in [0.15, 0.2) is 0 Å². The second-order valence-corrected chi connectivity index (χ2v) is 5.23. The molecule has 0 aliphatic carbocycles. The summed E-state index contributed by atoms with van der Waals surface area (Å²) in [6.07, 6.45) is 3.65. The molecule has 1 aliphatic heterocycles. The third-order valence-corrected chi connectivity index (χ3v) is 3.75. The number of rotatable bonds is 3. The highest BCUT2D eigenvalue weighted by atomic mass is 79.9. The van der Waals surface area contributed by atoms with Crippen LogP contribution in [0.2, 0.25) is 0 Å². The van der Waals surface area contributed by atoms with Gasteiger partial charge in [0.1, 0.15) is 5.75 Å². The molecule has 0 spiro atoms. The molecule has 0 amide bonds. The van der Waals surface area contributed by atoms with Crippen LogP contribution in [0.25, 0.3) is 0 Å². The van der Waals surface area contributed by atoms with Crippen LogP contribution in [0.4, 0.5) is 5.69 Å². The maximum atomic E-state index is 5.30. The van der Waals surface area contributed by atoms with E-state index in [1.54, 1.807) is 7.11 Å². The number of anilines is 1. The van der Waals surface area contributed by atoms with Crippen molar-refractivity contribution < 1.29 is 4.74 Å². The number of methoxy groups -OCH3 is 1. The monoisotopic (exact) mass is 298 g/mol. The number of hydrogen-bond donors (Lipinski definition) is 2. The lowest BCUT2D eigenvalue weighted by Crippen LogP contribution is -2.21. The van der Waals surface area contributed by atoms with Gasteiger partial charge >= 0.3 is 0 Å². The average molecular weight is 299 g/mol. The standard InChI is InChI=1S/C13H19BrN2O/c1-17-13-9-11(4-5-12(13)14)16-10-3-2-7-15-8-6-10/h4-5,9-10,15-16H,2-3,6-8H2,1H3. The Hall–Kier alpha value is -0.740. The van der Waals surface area contributed by atoms with Crippen LogP contribution in [0.1, 0.15) is 19.3 Å². The van der Waals surface area contributed by atoms with Crippen LogP contribution in [0.5, 0.6) is 5.75 Å². The highest BCUT2D eigenvalue weighted by Crippen LogP contribution is 2.28. The molecule has 1 heterocycles. The van der Waals surface area contributed by atoms with Gasteiger partial charge < -0.3 is 15.4 Å². The molecule has 0 saturated carbocycles. The second kappa shape index (κ2) is 6.26. The van der Waals surface area contributed by atoms with Crippen LogP contribution >= 0.6 is 15.9 Å². The van der Waals surface area contributed by atoms with Crippen LogP contribution < -0.4 is 15.4 Å². The minimum atomic E-state index is 0.566. The second-order valence-electron chi connectivity index (χ2n) is 4.37. The van der Waals surface area contributed by atoms with Crippen molar-refractivity contribution in [3.05, 3.63) is 22.7 Å². The van der Waals surface area contributed by atoms with Crippen LogP contribution in [-0.2, 0) is 0 Å². The van der Waals surface area contributed by atoms with E-state index in [9.17, 15) is 0 Å². The maximum absolute atomic E-state index is 5.30. The Labute approximate surface area is 111 Å². The molecule has 17 heavy (non-hydrogen) atoms. The molecule has 1 aliphatic rings. The van der Waals surface area contributed by atoms with Gasteiger partial charge in [0.2, 0.25) is 0 Å². The molecule has 1 aromatic carbocycles. The largest absolute Gasteiger partial charge is 0.495 e. The molecule has 0 radical (unpaired) electrons. The molecule has 1 fully saturated rings. The lowest BCUT2D eigenvalue weighted by atomic mass is 10.1. The Morgan fingerprint density at radius 2 is 2.24 bits per heavy atom. The summed E-state index contributed by atoms with van der Waals surface area (Å²) < 4.78 is 6.29. The zero-order chi connectivity index (χ0) is 12.1. The SMILES string of the molecule is COc1cc(NC2CCCNCC2)ccc1Br. The lowest BCUT2D eigenvalue weighted by molar-refractivity contribution is 0.412. The van der Waals surface area contributed by atoms with E-state index in [4.69, 9.17) is 4.74 Å². The molecule has 0 bridgehead atoms. The summed E-state index contributed by atoms with van der Waals surface area (Å²) in [5.74, 6) is 0.877. The minimum absolute atomic E-state index is 0.566. The Morgan fingerprint density at radius 3 is 3.06 bits per heavy atom. The molecule has 1 unspecified atom stereocenters. The van der Waals surface area contributed by atoms with Gasteiger partial charge in [0.05, 0.1) is 11.6 Å². The molecule has 1 saturated heterocycles. The predicted molar refractivity (Wildman–Crippen MR) is 74.8 cm³/mol. The fourth-order valence-corrected chi connectivity index (χ4v) is 2.56. The van der Waals surface area contributed by atoms with Crippen molar-refractivity contribution in [3.63, 3.8) is 0 Å². The highest BCUT2D eigenvalue weighted by Gasteiger charge is 2.12. The van der Waals surface area contributed by atoms with Crippen molar-refractivity contribution in [2.24, 2.45) is 0 Å². The molecule has 2 N–H and O–H groups in total. The van der Waals surface area contributed by atoms with E-state index in [0.717, 1.165) is 29.0 Å². The summed E-state index contributed by atoms with van der Waals surface area (Å²) in [6, 6.07) is 6.72. The van der Waals surface area contributed by atoms with Crippen molar-refractivity contribution in [2.45, 2.75) is 25.3 Å². The molecule has 2 rings (SSSR count). The van der Waals surface area contributed by atoms with E-state index in [-0.39, 0.29) is 0 Å². The van der Waals surface area contributed by atoms with Crippen molar-refractivity contribution in [3.8, 4) is 5.75 Å². The predicted octanol–water partition coefficient (Wildman–Crippen LogP) is 3.01. The summed E-state index contributed by atoms with van der Waals surface area (Å²) in [6.45, 7) is 2.24. The Kier molecular flexibility index (Phi) is 4.68. The minimum Gasteiger partial charge on any atom is -0.495 e. The van der Waals surface area contributed by atoms with Crippen molar-refractivity contribution in [2.75, 3.05) is 25.5 Å². The van der Waals surface area contributed by atoms with Crippen molar-refractivity contribution in [1.82, 2.24) is 5.32 Å². The van der Waals surface area contributed by atoms with Gasteiger partial charge in [0.25, 0.3) is 0 Å². The van der Waals surface area contributed by atoms with Gasteiger partial charge in [-0.15, -0.1) is 0 Å². The fraction of sp³-hybridized carbons (Fsp3) is 0.538. The summed E-state index contributed by atoms with van der Waals surface area (Å²) in [5.41, 5.74) is 1.14. The van der Waals surface area contributed by atoms with Gasteiger partial charge in [-0.1, -0.05) is 0 Å². The number of benzene rings is 1. The maximum Gasteiger partial charge on any atom is 0.135 e. The summed E-state index contributed by atoms with van der Waals surface area (Å²) in [4.78, 5) is 0. The Morgan fingerprint density at radius 1 is 1.35 bits per heavy atom. The van der Waals surface area contributed by atoms with Gasteiger partial charge in [-0.05, 0) is 60.4 Å². The summed E-state index contributed by atoms with van der Waals surface area (Å²) >= 11 is 3.47. The van der Waals surface area contributed by atoms with E-state index < -0.39 is 0 Å². The van der Waals surface area contributed by atoms with Crippen molar-refractivity contribution in [1.29, 1.82) is 0 Å². The molecule has 1 aromatic rings. The van der Waals surface area contributed by atoms with E-state index in [2.05, 4.69) is 32.6 Å². The Bertz CT molecular complexity index is 362. The quantitative estimate of drug-likeness (QED) is 0.900. The molecule has 1 atom stereocenters. The number of nitrogens with one attached hydrogen (secondary N) is 2. The number of ether oxygens (including phenoxy) is 1. The zero-order valence-electron chi connectivity index (χ0n) is 10.1. The van der Waals surface area contributed by atoms with E-state index in [0.29, 0.717) is 6.04 Å². The van der Waals surface area contributed by atoms with E-state index in [1.807, 2.05) is 12.1 Å². The van der Waals surface area contributed by atoms with Crippen LogP contribution in [0.3, 0.4) is 0 Å². The van der Waals surface area contributed by atoms with Crippen molar-refractivity contribution >= 4 is 21.6 Å². The smallest absolute Gasteiger partial charge is 0.135 e. The first-order valence-electron chi connectivity index (χ1n) is 6.10. The topological polar surface area (TPSA) is 33.3 Å². The molecule has 3 nitrogen and oxygen atoms in total. The summed E-state index contributed by atoms with van der Waals surface area (Å²) in [7, 11) is 1.69. The van der Waals surface area contributed by atoms with Gasteiger partial charge in [0, 0.05) is 17.8 Å². The third kappa shape index (κ3) is 3.61. The normalized spacial score (nSPS) is 20.7. The third-order valence-electron chi connectivity index (χ3n) is 3.10. The first-order chi connectivity index (χ1) is 8.29. The highest BCUT2D eigenvalue weighted by molar-refractivity contribution is 9.10. The zero-order valence-corrected chi connectivity index (χ0v) is 11.7. The van der Waals surface area contributed by atoms with Gasteiger partial charge in [-0.3, -0.25) is 0 Å². The fourth-order valence-electron chi connectivity index (χ4n) is 2.15. The molecule has 4 heteroatoms. The Balaban J connectivity index is 2.01. The first kappa shape index (κ1) is 12.7. The number of hydrogen-bond acceptors (Lipinski definition) is 3. The van der Waals surface area contributed by atoms with Crippen LogP contribution in [0.15, 0.2) is 22.7 Å². The molecular weight excluding hydrogens is 280 g/mol. The van der Waals surface area contributed by atoms with Crippen LogP contribution in [0, 0.1) is 0 Å². The molecular formula is C13H19BrN2O. The first-order valence-corrected chi connectivity index (χ1v) is 6.89. The van der Waals surface area contributed by atoms with Gasteiger partial charge in [-0.2, -0.15) is 0 Å². The molecule has 94 valence electrons. The van der Waals surface area contributed by atoms with E-state index >= 15 is 0 Å². The number of halogens is 1. The molecule has 0 aromatic heterocycles. The van der Waals surface area contributed by atoms with Gasteiger partial charge in [-0.25, -0.2) is 0 Å². The lowest BCUT2D eigenvalue weighted by Gasteiger charge is -2.18. The van der Waals surface area contributed by atoms with Crippen LogP contribution in [-0.4, -0.2) is 26.2 Å².